The maximum Gasteiger partial charge on any atom is 0.194 e. The van der Waals surface area contributed by atoms with Crippen LogP contribution in [-0.2, 0) is 0 Å². The molecule has 7 heteroatoms. The fourth-order valence-electron chi connectivity index (χ4n) is 1.08. The van der Waals surface area contributed by atoms with Gasteiger partial charge in [0.15, 0.2) is 5.82 Å². The molecule has 2 N–H and O–H groups in total. The van der Waals surface area contributed by atoms with Crippen LogP contribution in [0.5, 0.6) is 5.75 Å². The molecule has 1 heterocycles. The van der Waals surface area contributed by atoms with Crippen molar-refractivity contribution < 1.29 is 5.11 Å². The Morgan fingerprint density at radius 2 is 2.19 bits per heavy atom. The summed E-state index contributed by atoms with van der Waals surface area (Å²) >= 11 is 4.27. The van der Waals surface area contributed by atoms with Crippen molar-refractivity contribution in [3.05, 3.63) is 31.0 Å². The Morgan fingerprint density at radius 1 is 1.38 bits per heavy atom. The van der Waals surface area contributed by atoms with E-state index in [4.69, 9.17) is 0 Å². The third kappa shape index (κ3) is 2.70. The lowest BCUT2D eigenvalue weighted by molar-refractivity contribution is 0.470. The van der Waals surface area contributed by atoms with E-state index in [0.29, 0.717) is 11.4 Å². The summed E-state index contributed by atoms with van der Waals surface area (Å²) in [6.45, 7) is 0. The van der Waals surface area contributed by atoms with Crippen LogP contribution < -0.4 is 0 Å². The van der Waals surface area contributed by atoms with Crippen LogP contribution in [0.15, 0.2) is 23.3 Å². The van der Waals surface area contributed by atoms with Gasteiger partial charge in [-0.3, -0.25) is 0 Å². The summed E-state index contributed by atoms with van der Waals surface area (Å²) in [4.78, 5) is 4.08. The molecule has 82 valence electrons. The van der Waals surface area contributed by atoms with E-state index in [9.17, 15) is 5.11 Å². The minimum atomic E-state index is 0.230. The van der Waals surface area contributed by atoms with Crippen molar-refractivity contribution in [3.63, 3.8) is 0 Å². The van der Waals surface area contributed by atoms with Crippen LogP contribution in [0.3, 0.4) is 0 Å². The van der Waals surface area contributed by atoms with Gasteiger partial charge in [0.2, 0.25) is 0 Å². The van der Waals surface area contributed by atoms with Crippen LogP contribution in [0.4, 0.5) is 5.82 Å². The zero-order valence-corrected chi connectivity index (χ0v) is 12.2. The number of phenolic OH excluding ortho intramolecular Hbond substituents is 1. The molecule has 0 spiro atoms. The molecule has 1 aromatic carbocycles. The number of rotatable bonds is 2. The molecule has 16 heavy (non-hydrogen) atoms. The Morgan fingerprint density at radius 3 is 2.88 bits per heavy atom. The van der Waals surface area contributed by atoms with Crippen molar-refractivity contribution in [3.8, 4) is 5.75 Å². The van der Waals surface area contributed by atoms with Gasteiger partial charge in [-0.2, -0.15) is 10.3 Å². The summed E-state index contributed by atoms with van der Waals surface area (Å²) in [6, 6.07) is 3.74. The monoisotopic (exact) mass is 440 g/mol. The van der Waals surface area contributed by atoms with Crippen molar-refractivity contribution in [2.24, 2.45) is 4.99 Å². The number of phenols is 1. The van der Waals surface area contributed by atoms with E-state index >= 15 is 0 Å². The van der Waals surface area contributed by atoms with Crippen LogP contribution in [-0.4, -0.2) is 26.7 Å². The number of H-pyrrole nitrogens is 1. The first-order chi connectivity index (χ1) is 7.66. The highest BCUT2D eigenvalue weighted by atomic mass is 127. The Hall–Kier alpha value is -0.710. The molecule has 0 amide bonds. The molecule has 0 aliphatic heterocycles. The lowest BCUT2D eigenvalue weighted by atomic mass is 10.2. The van der Waals surface area contributed by atoms with Crippen LogP contribution in [0, 0.1) is 7.14 Å². The van der Waals surface area contributed by atoms with Crippen molar-refractivity contribution in [1.82, 2.24) is 15.4 Å². The van der Waals surface area contributed by atoms with Crippen molar-refractivity contribution >= 4 is 57.2 Å². The summed E-state index contributed by atoms with van der Waals surface area (Å²) in [5, 5.41) is 19.7. The summed E-state index contributed by atoms with van der Waals surface area (Å²) in [5.41, 5.74) is 0.666. The van der Waals surface area contributed by atoms with Gasteiger partial charge in [0, 0.05) is 15.3 Å². The van der Waals surface area contributed by atoms with E-state index < -0.39 is 0 Å². The Kier molecular flexibility index (Phi) is 3.74. The molecule has 0 bridgehead atoms. The maximum absolute atomic E-state index is 9.80. The van der Waals surface area contributed by atoms with Gasteiger partial charge >= 0.3 is 0 Å². The molecule has 0 aliphatic rings. The van der Waals surface area contributed by atoms with Gasteiger partial charge in [-0.25, -0.2) is 4.99 Å². The first-order valence-corrected chi connectivity index (χ1v) is 6.40. The Bertz CT molecular complexity index is 525. The lowest BCUT2D eigenvalue weighted by Gasteiger charge is -2.02. The Labute approximate surface area is 119 Å². The molecular weight excluding hydrogens is 434 g/mol. The van der Waals surface area contributed by atoms with E-state index in [-0.39, 0.29) is 5.75 Å². The van der Waals surface area contributed by atoms with Gasteiger partial charge in [-0.1, -0.05) is 0 Å². The minimum absolute atomic E-state index is 0.230. The minimum Gasteiger partial charge on any atom is -0.506 e. The maximum atomic E-state index is 9.80. The zero-order valence-electron chi connectivity index (χ0n) is 7.85. The number of nitrogens with zero attached hydrogens (tertiary/aromatic N) is 3. The van der Waals surface area contributed by atoms with Gasteiger partial charge in [0.05, 0.1) is 9.77 Å². The molecule has 5 nitrogen and oxygen atoms in total. The fraction of sp³-hybridized carbons (Fsp3) is 0. The summed E-state index contributed by atoms with van der Waals surface area (Å²) < 4.78 is 1.84. The van der Waals surface area contributed by atoms with E-state index in [1.54, 1.807) is 6.21 Å². The van der Waals surface area contributed by atoms with E-state index in [1.165, 1.54) is 6.20 Å². The van der Waals surface area contributed by atoms with Crippen LogP contribution in [0.25, 0.3) is 0 Å². The topological polar surface area (TPSA) is 74.2 Å². The highest BCUT2D eigenvalue weighted by molar-refractivity contribution is 14.1. The number of aromatic nitrogens is 3. The molecule has 0 saturated carbocycles. The third-order valence-corrected chi connectivity index (χ3v) is 3.24. The first-order valence-electron chi connectivity index (χ1n) is 4.24. The predicted molar refractivity (Wildman–Crippen MR) is 77.2 cm³/mol. The summed E-state index contributed by atoms with van der Waals surface area (Å²) in [7, 11) is 0. The molecule has 1 aromatic heterocycles. The second-order valence-electron chi connectivity index (χ2n) is 2.91. The SMILES string of the molecule is Oc1c(I)cc(I)cc1C=Nc1cn[nH]n1. The number of aromatic amines is 1. The third-order valence-electron chi connectivity index (χ3n) is 1.80. The predicted octanol–water partition coefficient (Wildman–Crippen LogP) is 2.47. The van der Waals surface area contributed by atoms with E-state index in [2.05, 4.69) is 65.6 Å². The van der Waals surface area contributed by atoms with E-state index in [0.717, 1.165) is 7.14 Å². The van der Waals surface area contributed by atoms with Crippen molar-refractivity contribution in [2.45, 2.75) is 0 Å². The first kappa shape index (κ1) is 11.8. The molecule has 0 saturated heterocycles. The van der Waals surface area contributed by atoms with Crippen LogP contribution >= 0.6 is 45.2 Å². The van der Waals surface area contributed by atoms with Crippen molar-refractivity contribution in [1.29, 1.82) is 0 Å². The number of hydrogen-bond acceptors (Lipinski definition) is 4. The molecule has 0 atom stereocenters. The number of benzene rings is 1. The molecule has 2 rings (SSSR count). The highest BCUT2D eigenvalue weighted by Crippen LogP contribution is 2.26. The second kappa shape index (κ2) is 5.08. The Balaban J connectivity index is 2.34. The molecule has 0 fully saturated rings. The van der Waals surface area contributed by atoms with Crippen molar-refractivity contribution in [2.75, 3.05) is 0 Å². The summed E-state index contributed by atoms with van der Waals surface area (Å²) in [6.07, 6.45) is 3.07. The number of aromatic hydroxyl groups is 1. The molecular formula is C9H6I2N4O. The number of halogens is 2. The molecule has 0 radical (unpaired) electrons. The van der Waals surface area contributed by atoms with E-state index in [1.807, 2.05) is 12.1 Å². The fourth-order valence-corrected chi connectivity index (χ4v) is 2.97. The average Bonchev–Trinajstić information content (AvgIpc) is 2.74. The van der Waals surface area contributed by atoms with Gasteiger partial charge in [-0.05, 0) is 57.3 Å². The lowest BCUT2D eigenvalue weighted by Crippen LogP contribution is -1.87. The number of nitrogens with one attached hydrogen (secondary N) is 1. The van der Waals surface area contributed by atoms with Crippen LogP contribution in [0.1, 0.15) is 5.56 Å². The number of aliphatic imine (C=N–C) groups is 1. The van der Waals surface area contributed by atoms with Gasteiger partial charge in [0.25, 0.3) is 0 Å². The normalized spacial score (nSPS) is 11.1. The average molecular weight is 440 g/mol. The highest BCUT2D eigenvalue weighted by Gasteiger charge is 2.05. The molecule has 0 unspecified atom stereocenters. The van der Waals surface area contributed by atoms with Gasteiger partial charge in [0.1, 0.15) is 5.75 Å². The molecule has 0 aliphatic carbocycles. The quantitative estimate of drug-likeness (QED) is 0.557. The largest absolute Gasteiger partial charge is 0.506 e. The zero-order chi connectivity index (χ0) is 11.5. The smallest absolute Gasteiger partial charge is 0.194 e. The van der Waals surface area contributed by atoms with Gasteiger partial charge in [-0.15, -0.1) is 5.10 Å². The number of hydrogen-bond donors (Lipinski definition) is 2. The van der Waals surface area contributed by atoms with Gasteiger partial charge < -0.3 is 5.11 Å². The standard InChI is InChI=1S/C9H6I2N4O/c10-6-1-5(9(16)7(11)2-6)3-12-8-4-13-15-14-8/h1-4,16H,(H,13,14,15). The summed E-state index contributed by atoms with van der Waals surface area (Å²) in [5.74, 6) is 0.710. The van der Waals surface area contributed by atoms with Crippen LogP contribution in [0.2, 0.25) is 0 Å². The second-order valence-corrected chi connectivity index (χ2v) is 5.32. The molecule has 2 aromatic rings.